The molecule has 4 rings (SSSR count). The van der Waals surface area contributed by atoms with Gasteiger partial charge in [0.15, 0.2) is 5.58 Å². The Hall–Kier alpha value is -2.51. The molecule has 1 aromatic heterocycles. The third kappa shape index (κ3) is 4.04. The number of amides is 1. The summed E-state index contributed by atoms with van der Waals surface area (Å²) in [5, 5.41) is 0.814. The first-order valence-corrected chi connectivity index (χ1v) is 11.9. The van der Waals surface area contributed by atoms with Crippen LogP contribution < -0.4 is 0 Å². The van der Waals surface area contributed by atoms with Crippen molar-refractivity contribution in [2.24, 2.45) is 0 Å². The SMILES string of the molecule is CC1CN(C(=O)OC(C)(C)C)Cc2c1oc1c(Cl)cc(S(=O)(=O)c3ccccc3)cc21. The van der Waals surface area contributed by atoms with Crippen molar-refractivity contribution in [1.29, 1.82) is 0 Å². The Labute approximate surface area is 186 Å². The van der Waals surface area contributed by atoms with Gasteiger partial charge >= 0.3 is 6.09 Å². The maximum absolute atomic E-state index is 13.1. The smallest absolute Gasteiger partial charge is 0.410 e. The maximum atomic E-state index is 13.1. The van der Waals surface area contributed by atoms with Gasteiger partial charge in [-0.2, -0.15) is 0 Å². The van der Waals surface area contributed by atoms with E-state index in [2.05, 4.69) is 0 Å². The van der Waals surface area contributed by atoms with Crippen LogP contribution in [-0.2, 0) is 21.1 Å². The number of nitrogens with zero attached hydrogens (tertiary/aromatic N) is 1. The van der Waals surface area contributed by atoms with E-state index in [-0.39, 0.29) is 27.3 Å². The van der Waals surface area contributed by atoms with Gasteiger partial charge in [0.05, 0.1) is 21.4 Å². The van der Waals surface area contributed by atoms with Gasteiger partial charge in [-0.3, -0.25) is 0 Å². The van der Waals surface area contributed by atoms with Crippen LogP contribution in [0.4, 0.5) is 4.79 Å². The zero-order chi connectivity index (χ0) is 22.6. The zero-order valence-electron chi connectivity index (χ0n) is 17.8. The van der Waals surface area contributed by atoms with Crippen LogP contribution in [0, 0.1) is 0 Å². The molecule has 0 saturated carbocycles. The third-order valence-corrected chi connectivity index (χ3v) is 7.19. The Bertz CT molecular complexity index is 1260. The van der Waals surface area contributed by atoms with Gasteiger partial charge in [-0.05, 0) is 45.0 Å². The second kappa shape index (κ2) is 7.57. The van der Waals surface area contributed by atoms with E-state index in [0.717, 1.165) is 5.56 Å². The highest BCUT2D eigenvalue weighted by molar-refractivity contribution is 7.91. The lowest BCUT2D eigenvalue weighted by Gasteiger charge is -2.32. The van der Waals surface area contributed by atoms with Crippen LogP contribution in [-0.4, -0.2) is 31.6 Å². The molecule has 1 unspecified atom stereocenters. The zero-order valence-corrected chi connectivity index (χ0v) is 19.4. The summed E-state index contributed by atoms with van der Waals surface area (Å²) in [6, 6.07) is 11.2. The summed E-state index contributed by atoms with van der Waals surface area (Å²) in [6.07, 6.45) is -0.418. The maximum Gasteiger partial charge on any atom is 0.410 e. The van der Waals surface area contributed by atoms with Crippen LogP contribution in [0.5, 0.6) is 0 Å². The Morgan fingerprint density at radius 1 is 1.16 bits per heavy atom. The average Bonchev–Trinajstić information content (AvgIpc) is 3.07. The highest BCUT2D eigenvalue weighted by Gasteiger charge is 2.34. The number of ether oxygens (including phenoxy) is 1. The number of furan rings is 1. The largest absolute Gasteiger partial charge is 0.459 e. The molecule has 1 aliphatic heterocycles. The molecule has 31 heavy (non-hydrogen) atoms. The van der Waals surface area contributed by atoms with Crippen LogP contribution in [0.3, 0.4) is 0 Å². The van der Waals surface area contributed by atoms with Crippen molar-refractivity contribution in [3.63, 3.8) is 0 Å². The summed E-state index contributed by atoms with van der Waals surface area (Å²) in [7, 11) is -3.76. The predicted octanol–water partition coefficient (Wildman–Crippen LogP) is 5.77. The van der Waals surface area contributed by atoms with Gasteiger partial charge < -0.3 is 14.1 Å². The molecule has 2 aromatic carbocycles. The molecule has 0 radical (unpaired) electrons. The summed E-state index contributed by atoms with van der Waals surface area (Å²) < 4.78 is 37.8. The summed E-state index contributed by atoms with van der Waals surface area (Å²) in [5.74, 6) is 0.625. The number of sulfone groups is 1. The highest BCUT2D eigenvalue weighted by atomic mass is 35.5. The lowest BCUT2D eigenvalue weighted by molar-refractivity contribution is 0.0203. The fourth-order valence-corrected chi connectivity index (χ4v) is 5.44. The minimum absolute atomic E-state index is 0.0850. The van der Waals surface area contributed by atoms with Crippen LogP contribution in [0.25, 0.3) is 11.0 Å². The van der Waals surface area contributed by atoms with E-state index in [1.807, 2.05) is 27.7 Å². The molecule has 3 aromatic rings. The number of fused-ring (bicyclic) bond motifs is 3. The first-order chi connectivity index (χ1) is 14.5. The molecular weight excluding hydrogens is 438 g/mol. The first kappa shape index (κ1) is 21.7. The normalized spacial score (nSPS) is 16.9. The lowest BCUT2D eigenvalue weighted by Crippen LogP contribution is -2.40. The number of carbonyl (C=O) groups is 1. The molecule has 1 amide bonds. The molecule has 0 aliphatic carbocycles. The van der Waals surface area contributed by atoms with Gasteiger partial charge in [0.1, 0.15) is 11.4 Å². The Balaban J connectivity index is 1.80. The van der Waals surface area contributed by atoms with Crippen LogP contribution in [0.2, 0.25) is 5.02 Å². The van der Waals surface area contributed by atoms with Gasteiger partial charge in [-0.25, -0.2) is 13.2 Å². The number of hydrogen-bond acceptors (Lipinski definition) is 5. The van der Waals surface area contributed by atoms with E-state index in [1.54, 1.807) is 41.3 Å². The predicted molar refractivity (Wildman–Crippen MR) is 118 cm³/mol. The number of benzene rings is 2. The minimum atomic E-state index is -3.76. The fourth-order valence-electron chi connectivity index (χ4n) is 3.79. The molecule has 1 atom stereocenters. The lowest BCUT2D eigenvalue weighted by atomic mass is 9.97. The number of rotatable bonds is 2. The van der Waals surface area contributed by atoms with Gasteiger partial charge in [0.2, 0.25) is 9.84 Å². The van der Waals surface area contributed by atoms with Crippen molar-refractivity contribution >= 4 is 38.5 Å². The quantitative estimate of drug-likeness (QED) is 0.484. The van der Waals surface area contributed by atoms with Gasteiger partial charge in [0, 0.05) is 23.4 Å². The molecule has 0 N–H and O–H groups in total. The second-order valence-electron chi connectivity index (χ2n) is 8.81. The molecule has 2 heterocycles. The minimum Gasteiger partial charge on any atom is -0.459 e. The third-order valence-electron chi connectivity index (χ3n) is 5.16. The van der Waals surface area contributed by atoms with Crippen molar-refractivity contribution in [1.82, 2.24) is 4.90 Å². The summed E-state index contributed by atoms with van der Waals surface area (Å²) >= 11 is 6.45. The van der Waals surface area contributed by atoms with E-state index in [4.69, 9.17) is 20.8 Å². The highest BCUT2D eigenvalue weighted by Crippen LogP contribution is 2.41. The van der Waals surface area contributed by atoms with Gasteiger partial charge in [-0.15, -0.1) is 0 Å². The number of halogens is 1. The summed E-state index contributed by atoms with van der Waals surface area (Å²) in [5.41, 5.74) is 0.572. The summed E-state index contributed by atoms with van der Waals surface area (Å²) in [6.45, 7) is 8.10. The van der Waals surface area contributed by atoms with Crippen LogP contribution in [0.1, 0.15) is 44.9 Å². The first-order valence-electron chi connectivity index (χ1n) is 10.0. The molecule has 0 spiro atoms. The van der Waals surface area contributed by atoms with Gasteiger partial charge in [-0.1, -0.05) is 36.7 Å². The Morgan fingerprint density at radius 3 is 2.48 bits per heavy atom. The molecule has 6 nitrogen and oxygen atoms in total. The Kier molecular flexibility index (Phi) is 5.30. The fraction of sp³-hybridized carbons (Fsp3) is 0.348. The topological polar surface area (TPSA) is 76.8 Å². The van der Waals surface area contributed by atoms with Crippen molar-refractivity contribution < 1.29 is 22.4 Å². The van der Waals surface area contributed by atoms with Crippen LogP contribution >= 0.6 is 11.6 Å². The standard InChI is InChI=1S/C23H24ClNO5S/c1-14-12-25(22(26)30-23(2,3)4)13-18-17-10-16(11-19(24)21(17)29-20(14)18)31(27,28)15-8-6-5-7-9-15/h5-11,14H,12-13H2,1-4H3. The van der Waals surface area contributed by atoms with E-state index in [1.165, 1.54) is 6.07 Å². The molecular formula is C23H24ClNO5S. The molecule has 164 valence electrons. The summed E-state index contributed by atoms with van der Waals surface area (Å²) in [4.78, 5) is 14.5. The molecule has 1 aliphatic rings. The second-order valence-corrected chi connectivity index (χ2v) is 11.2. The van der Waals surface area contributed by atoms with E-state index >= 15 is 0 Å². The monoisotopic (exact) mass is 461 g/mol. The van der Waals surface area contributed by atoms with Crippen molar-refractivity contribution in [2.75, 3.05) is 6.54 Å². The molecule has 0 saturated heterocycles. The molecule has 8 heteroatoms. The van der Waals surface area contributed by atoms with E-state index < -0.39 is 21.5 Å². The van der Waals surface area contributed by atoms with Gasteiger partial charge in [0.25, 0.3) is 0 Å². The van der Waals surface area contributed by atoms with Crippen LogP contribution in [0.15, 0.2) is 56.7 Å². The average molecular weight is 462 g/mol. The van der Waals surface area contributed by atoms with E-state index in [0.29, 0.717) is 23.3 Å². The molecule has 0 fully saturated rings. The number of carbonyl (C=O) groups excluding carboxylic acids is 1. The Morgan fingerprint density at radius 2 is 1.84 bits per heavy atom. The van der Waals surface area contributed by atoms with Crippen molar-refractivity contribution in [2.45, 2.75) is 55.5 Å². The van der Waals surface area contributed by atoms with Crippen molar-refractivity contribution in [3.05, 3.63) is 58.8 Å². The number of hydrogen-bond donors (Lipinski definition) is 0. The van der Waals surface area contributed by atoms with E-state index in [9.17, 15) is 13.2 Å². The molecule has 0 bridgehead atoms. The van der Waals surface area contributed by atoms with Crippen molar-refractivity contribution in [3.8, 4) is 0 Å².